The number of hydrogen-bond acceptors (Lipinski definition) is 3. The summed E-state index contributed by atoms with van der Waals surface area (Å²) in [5.74, 6) is 0.631. The molecule has 0 N–H and O–H groups in total. The van der Waals surface area contributed by atoms with Gasteiger partial charge in [-0.1, -0.05) is 43.0 Å². The molecule has 0 bridgehead atoms. The van der Waals surface area contributed by atoms with Crippen LogP contribution in [0, 0.1) is 22.7 Å². The lowest BCUT2D eigenvalue weighted by molar-refractivity contribution is 0.363. The van der Waals surface area contributed by atoms with E-state index in [0.29, 0.717) is 12.4 Å². The second-order valence-corrected chi connectivity index (χ2v) is 4.08. The number of nitrogens with zero attached hydrogens (tertiary/aromatic N) is 2. The summed E-state index contributed by atoms with van der Waals surface area (Å²) in [6, 6.07) is 15.3. The molecule has 3 heteroatoms. The molecule has 0 aliphatic heterocycles. The Morgan fingerprint density at radius 1 is 1.15 bits per heavy atom. The standard InChI is InChI=1S/C17H12N2O/c1-2-9-20-17-8-7-14-5-3-4-6-15(14)16(17)10-13(11-18)12-19/h2-8,10H,1,9H2. The second kappa shape index (κ2) is 6.22. The maximum atomic E-state index is 8.93. The van der Waals surface area contributed by atoms with Crippen LogP contribution in [0.1, 0.15) is 5.56 Å². The molecule has 2 aromatic rings. The molecule has 0 aromatic heterocycles. The zero-order chi connectivity index (χ0) is 14.4. The molecule has 2 rings (SSSR count). The first-order valence-corrected chi connectivity index (χ1v) is 6.07. The fourth-order valence-corrected chi connectivity index (χ4v) is 1.93. The van der Waals surface area contributed by atoms with Gasteiger partial charge in [-0.05, 0) is 22.9 Å². The Labute approximate surface area is 117 Å². The Kier molecular flexibility index (Phi) is 4.17. The van der Waals surface area contributed by atoms with Gasteiger partial charge in [-0.15, -0.1) is 0 Å². The number of rotatable bonds is 4. The van der Waals surface area contributed by atoms with Crippen molar-refractivity contribution in [2.75, 3.05) is 6.61 Å². The normalized spacial score (nSPS) is 9.30. The van der Waals surface area contributed by atoms with E-state index in [2.05, 4.69) is 6.58 Å². The summed E-state index contributed by atoms with van der Waals surface area (Å²) in [6.45, 7) is 3.98. The van der Waals surface area contributed by atoms with E-state index in [0.717, 1.165) is 16.3 Å². The number of allylic oxidation sites excluding steroid dienone is 1. The van der Waals surface area contributed by atoms with Crippen molar-refractivity contribution in [2.45, 2.75) is 0 Å². The smallest absolute Gasteiger partial charge is 0.130 e. The van der Waals surface area contributed by atoms with E-state index >= 15 is 0 Å². The van der Waals surface area contributed by atoms with Crippen LogP contribution in [0.4, 0.5) is 0 Å². The van der Waals surface area contributed by atoms with Gasteiger partial charge >= 0.3 is 0 Å². The SMILES string of the molecule is C=CCOc1ccc2ccccc2c1C=C(C#N)C#N. The fourth-order valence-electron chi connectivity index (χ4n) is 1.93. The van der Waals surface area contributed by atoms with E-state index < -0.39 is 0 Å². The van der Waals surface area contributed by atoms with Crippen molar-refractivity contribution in [2.24, 2.45) is 0 Å². The molecule has 0 fully saturated rings. The average Bonchev–Trinajstić information content (AvgIpc) is 2.51. The van der Waals surface area contributed by atoms with Crippen molar-refractivity contribution < 1.29 is 4.74 Å². The minimum absolute atomic E-state index is 0.0461. The highest BCUT2D eigenvalue weighted by Gasteiger charge is 2.08. The summed E-state index contributed by atoms with van der Waals surface area (Å²) >= 11 is 0. The van der Waals surface area contributed by atoms with Crippen LogP contribution in [0.3, 0.4) is 0 Å². The molecule has 0 aliphatic rings. The highest BCUT2D eigenvalue weighted by Crippen LogP contribution is 2.30. The van der Waals surface area contributed by atoms with Gasteiger partial charge in [0.2, 0.25) is 0 Å². The molecule has 3 nitrogen and oxygen atoms in total. The van der Waals surface area contributed by atoms with Crippen LogP contribution in [0.5, 0.6) is 5.75 Å². The lowest BCUT2D eigenvalue weighted by Gasteiger charge is -2.10. The largest absolute Gasteiger partial charge is 0.489 e. The summed E-state index contributed by atoms with van der Waals surface area (Å²) in [7, 11) is 0. The third-order valence-corrected chi connectivity index (χ3v) is 2.82. The summed E-state index contributed by atoms with van der Waals surface area (Å²) in [4.78, 5) is 0. The molecule has 0 atom stereocenters. The molecular formula is C17H12N2O. The summed E-state index contributed by atoms with van der Waals surface area (Å²) in [6.07, 6.45) is 3.21. The van der Waals surface area contributed by atoms with E-state index in [1.165, 1.54) is 0 Å². The third kappa shape index (κ3) is 2.68. The Morgan fingerprint density at radius 2 is 1.90 bits per heavy atom. The predicted molar refractivity (Wildman–Crippen MR) is 78.8 cm³/mol. The van der Waals surface area contributed by atoms with Crippen molar-refractivity contribution >= 4 is 16.8 Å². The topological polar surface area (TPSA) is 56.8 Å². The van der Waals surface area contributed by atoms with E-state index in [4.69, 9.17) is 15.3 Å². The van der Waals surface area contributed by atoms with Crippen LogP contribution in [0.15, 0.2) is 54.6 Å². The summed E-state index contributed by atoms with van der Waals surface area (Å²) in [5, 5.41) is 19.8. The fraction of sp³-hybridized carbons (Fsp3) is 0.0588. The first-order chi connectivity index (χ1) is 9.80. The maximum Gasteiger partial charge on any atom is 0.130 e. The molecule has 0 amide bonds. The lowest BCUT2D eigenvalue weighted by Crippen LogP contribution is -1.96. The first-order valence-electron chi connectivity index (χ1n) is 6.07. The van der Waals surface area contributed by atoms with E-state index in [-0.39, 0.29) is 5.57 Å². The van der Waals surface area contributed by atoms with Crippen LogP contribution in [0.2, 0.25) is 0 Å². The molecule has 0 aliphatic carbocycles. The van der Waals surface area contributed by atoms with Crippen molar-refractivity contribution in [3.63, 3.8) is 0 Å². The van der Waals surface area contributed by atoms with Gasteiger partial charge in [0.05, 0.1) is 0 Å². The Hall–Kier alpha value is -3.04. The monoisotopic (exact) mass is 260 g/mol. The number of nitriles is 2. The van der Waals surface area contributed by atoms with Crippen LogP contribution in [-0.2, 0) is 0 Å². The van der Waals surface area contributed by atoms with Crippen molar-refractivity contribution in [1.29, 1.82) is 10.5 Å². The van der Waals surface area contributed by atoms with Gasteiger partial charge in [0.1, 0.15) is 30.1 Å². The molecule has 96 valence electrons. The third-order valence-electron chi connectivity index (χ3n) is 2.82. The van der Waals surface area contributed by atoms with E-state index in [1.807, 2.05) is 48.5 Å². The first kappa shape index (κ1) is 13.4. The predicted octanol–water partition coefficient (Wildman–Crippen LogP) is 3.84. The molecule has 2 aromatic carbocycles. The van der Waals surface area contributed by atoms with Gasteiger partial charge in [0.15, 0.2) is 0 Å². The van der Waals surface area contributed by atoms with Crippen LogP contribution in [0.25, 0.3) is 16.8 Å². The molecular weight excluding hydrogens is 248 g/mol. The van der Waals surface area contributed by atoms with Gasteiger partial charge < -0.3 is 4.74 Å². The molecule has 0 unspecified atom stereocenters. The Morgan fingerprint density at radius 3 is 2.60 bits per heavy atom. The number of ether oxygens (including phenoxy) is 1. The molecule has 0 saturated heterocycles. The zero-order valence-electron chi connectivity index (χ0n) is 10.8. The van der Waals surface area contributed by atoms with Crippen molar-refractivity contribution in [3.05, 3.63) is 60.2 Å². The number of hydrogen-bond donors (Lipinski definition) is 0. The van der Waals surface area contributed by atoms with Crippen LogP contribution >= 0.6 is 0 Å². The lowest BCUT2D eigenvalue weighted by atomic mass is 10.0. The minimum atomic E-state index is 0.0461. The zero-order valence-corrected chi connectivity index (χ0v) is 10.8. The van der Waals surface area contributed by atoms with Crippen LogP contribution in [-0.4, -0.2) is 6.61 Å². The minimum Gasteiger partial charge on any atom is -0.489 e. The maximum absolute atomic E-state index is 8.93. The van der Waals surface area contributed by atoms with Gasteiger partial charge in [-0.2, -0.15) is 10.5 Å². The van der Waals surface area contributed by atoms with Crippen LogP contribution < -0.4 is 4.74 Å². The summed E-state index contributed by atoms with van der Waals surface area (Å²) in [5.41, 5.74) is 0.785. The molecule has 20 heavy (non-hydrogen) atoms. The van der Waals surface area contributed by atoms with Crippen molar-refractivity contribution in [3.8, 4) is 17.9 Å². The quantitative estimate of drug-likeness (QED) is 0.620. The van der Waals surface area contributed by atoms with E-state index in [9.17, 15) is 0 Å². The Bertz CT molecular complexity index is 745. The summed E-state index contributed by atoms with van der Waals surface area (Å²) < 4.78 is 5.60. The second-order valence-electron chi connectivity index (χ2n) is 4.08. The van der Waals surface area contributed by atoms with Gasteiger partial charge in [0.25, 0.3) is 0 Å². The van der Waals surface area contributed by atoms with Gasteiger partial charge in [-0.25, -0.2) is 0 Å². The molecule has 0 saturated carbocycles. The molecule has 0 heterocycles. The van der Waals surface area contributed by atoms with E-state index in [1.54, 1.807) is 12.2 Å². The number of fused-ring (bicyclic) bond motifs is 1. The van der Waals surface area contributed by atoms with Crippen molar-refractivity contribution in [1.82, 2.24) is 0 Å². The average molecular weight is 260 g/mol. The highest BCUT2D eigenvalue weighted by atomic mass is 16.5. The molecule has 0 radical (unpaired) electrons. The van der Waals surface area contributed by atoms with Gasteiger partial charge in [-0.3, -0.25) is 0 Å². The Balaban J connectivity index is 2.68. The highest BCUT2D eigenvalue weighted by molar-refractivity contribution is 5.94. The number of benzene rings is 2. The van der Waals surface area contributed by atoms with Gasteiger partial charge in [0, 0.05) is 5.56 Å². The molecule has 0 spiro atoms.